The van der Waals surface area contributed by atoms with Gasteiger partial charge in [0.1, 0.15) is 19.8 Å². The Hall–Kier alpha value is -3.85. The molecule has 0 aromatic carbocycles. The van der Waals surface area contributed by atoms with Gasteiger partial charge in [-0.1, -0.05) is 205 Å². The summed E-state index contributed by atoms with van der Waals surface area (Å²) in [6, 6.07) is 0. The zero-order chi connectivity index (χ0) is 53.5. The fraction of sp³-hybridized carbons (Fsp3) is 0.619. The highest BCUT2D eigenvalue weighted by atomic mass is 31.2. The number of nitrogens with zero attached hydrogens (tertiary/aromatic N) is 1. The molecule has 0 rings (SSSR count). The summed E-state index contributed by atoms with van der Waals surface area (Å²) in [4.78, 5) is 37.8. The summed E-state index contributed by atoms with van der Waals surface area (Å²) in [5.41, 5.74) is 0. The van der Waals surface area contributed by atoms with Crippen LogP contribution in [0.2, 0.25) is 0 Å². The van der Waals surface area contributed by atoms with Crippen molar-refractivity contribution in [2.45, 2.75) is 206 Å². The first-order valence-corrected chi connectivity index (χ1v) is 29.9. The average molecular weight is 1030 g/mol. The molecule has 0 heterocycles. The molecule has 2 unspecified atom stereocenters. The smallest absolute Gasteiger partial charge is 0.306 e. The topological polar surface area (TPSA) is 111 Å². The average Bonchev–Trinajstić information content (AvgIpc) is 3.35. The number of phosphoric acid groups is 1. The Morgan fingerprint density at radius 2 is 0.781 bits per heavy atom. The molecule has 0 aliphatic carbocycles. The Balaban J connectivity index is 4.27. The molecule has 0 spiro atoms. The standard InChI is InChI=1S/C63H104NO8P/c1-6-8-10-12-14-16-18-20-22-24-25-26-27-28-29-30-31-32-33-34-35-36-37-38-39-40-42-44-46-48-50-52-54-56-63(66)72-61(60-71-73(67,68)70-58-57-64(3,4)5)59-69-62(65)55-53-51-49-47-45-43-41-23-21-19-17-15-13-11-9-7-2/h8,10,14,16-17,19-20,22-23,25-26,28-29,31-32,34-35,37-38,40-42,61H,6-7,9,11-13,15,18,21,24,27,30,33,36,39,43-60H2,1-5H3/b10-8-,16-14-,19-17-,22-20-,26-25-,29-28-,32-31-,35-34-,38-37-,41-23-,42-40-. The van der Waals surface area contributed by atoms with Gasteiger partial charge in [0.2, 0.25) is 0 Å². The van der Waals surface area contributed by atoms with Crippen molar-refractivity contribution in [3.8, 4) is 0 Å². The number of carbonyl (C=O) groups excluding carboxylic acids is 2. The predicted molar refractivity (Wildman–Crippen MR) is 309 cm³/mol. The highest BCUT2D eigenvalue weighted by molar-refractivity contribution is 7.45. The lowest BCUT2D eigenvalue weighted by Gasteiger charge is -2.28. The second-order valence-corrected chi connectivity index (χ2v) is 21.0. The van der Waals surface area contributed by atoms with E-state index in [1.165, 1.54) is 32.1 Å². The molecule has 0 bridgehead atoms. The summed E-state index contributed by atoms with van der Waals surface area (Å²) in [5, 5.41) is 0. The first-order valence-electron chi connectivity index (χ1n) is 28.4. The van der Waals surface area contributed by atoms with Crippen LogP contribution in [-0.2, 0) is 32.7 Å². The van der Waals surface area contributed by atoms with Crippen molar-refractivity contribution in [3.63, 3.8) is 0 Å². The number of hydrogen-bond acceptors (Lipinski definition) is 8. The number of likely N-dealkylation sites (N-methyl/N-ethyl adjacent to an activating group) is 1. The lowest BCUT2D eigenvalue weighted by atomic mass is 10.1. The van der Waals surface area contributed by atoms with Gasteiger partial charge < -0.3 is 27.9 Å². The Morgan fingerprint density at radius 3 is 1.16 bits per heavy atom. The summed E-state index contributed by atoms with van der Waals surface area (Å²) in [5.74, 6) is -0.883. The molecule has 0 aromatic heterocycles. The van der Waals surface area contributed by atoms with Crippen LogP contribution in [0.5, 0.6) is 0 Å². The van der Waals surface area contributed by atoms with Crippen LogP contribution in [0.3, 0.4) is 0 Å². The Kier molecular flexibility index (Phi) is 50.2. The molecule has 0 aliphatic heterocycles. The van der Waals surface area contributed by atoms with Crippen LogP contribution in [0.4, 0.5) is 0 Å². The highest BCUT2D eigenvalue weighted by Crippen LogP contribution is 2.38. The number of quaternary nitrogens is 1. The number of rotatable bonds is 50. The van der Waals surface area contributed by atoms with Crippen LogP contribution in [0.25, 0.3) is 0 Å². The summed E-state index contributed by atoms with van der Waals surface area (Å²) in [6.07, 6.45) is 76.3. The summed E-state index contributed by atoms with van der Waals surface area (Å²) >= 11 is 0. The molecule has 0 aliphatic rings. The van der Waals surface area contributed by atoms with Gasteiger partial charge in [-0.3, -0.25) is 14.2 Å². The fourth-order valence-electron chi connectivity index (χ4n) is 7.03. The Morgan fingerprint density at radius 1 is 0.438 bits per heavy atom. The summed E-state index contributed by atoms with van der Waals surface area (Å²) in [7, 11) is 1.12. The molecule has 10 heteroatoms. The first-order chi connectivity index (χ1) is 35.5. The Labute approximate surface area is 447 Å². The van der Waals surface area contributed by atoms with Crippen molar-refractivity contribution in [1.82, 2.24) is 0 Å². The van der Waals surface area contributed by atoms with Gasteiger partial charge in [-0.25, -0.2) is 0 Å². The number of phosphoric ester groups is 1. The normalized spacial score (nSPS) is 14.3. The monoisotopic (exact) mass is 1030 g/mol. The number of carbonyl (C=O) groups is 2. The van der Waals surface area contributed by atoms with E-state index in [-0.39, 0.29) is 26.1 Å². The lowest BCUT2D eigenvalue weighted by molar-refractivity contribution is -0.870. The van der Waals surface area contributed by atoms with Crippen molar-refractivity contribution in [3.05, 3.63) is 134 Å². The van der Waals surface area contributed by atoms with Crippen molar-refractivity contribution >= 4 is 19.8 Å². The van der Waals surface area contributed by atoms with Crippen LogP contribution in [-0.4, -0.2) is 70.0 Å². The van der Waals surface area contributed by atoms with Gasteiger partial charge in [0, 0.05) is 12.8 Å². The van der Waals surface area contributed by atoms with E-state index in [1.807, 2.05) is 21.1 Å². The second-order valence-electron chi connectivity index (χ2n) is 19.6. The number of allylic oxidation sites excluding steroid dienone is 22. The molecule has 9 nitrogen and oxygen atoms in total. The van der Waals surface area contributed by atoms with E-state index in [1.54, 1.807) is 0 Å². The Bertz CT molecular complexity index is 1690. The minimum Gasteiger partial charge on any atom is -0.756 e. The lowest BCUT2D eigenvalue weighted by Crippen LogP contribution is -2.37. The summed E-state index contributed by atoms with van der Waals surface area (Å²) in [6.45, 7) is 4.04. The molecular weight excluding hydrogens is 930 g/mol. The number of ether oxygens (including phenoxy) is 2. The molecule has 414 valence electrons. The van der Waals surface area contributed by atoms with Gasteiger partial charge in [0.15, 0.2) is 6.10 Å². The van der Waals surface area contributed by atoms with Gasteiger partial charge in [-0.2, -0.15) is 0 Å². The van der Waals surface area contributed by atoms with Gasteiger partial charge in [0.05, 0.1) is 27.7 Å². The number of unbranched alkanes of at least 4 members (excludes halogenated alkanes) is 14. The van der Waals surface area contributed by atoms with Gasteiger partial charge in [0.25, 0.3) is 7.82 Å². The maximum atomic E-state index is 12.8. The minimum absolute atomic E-state index is 0.0449. The predicted octanol–water partition coefficient (Wildman–Crippen LogP) is 17.1. The van der Waals surface area contributed by atoms with Crippen molar-refractivity contribution in [1.29, 1.82) is 0 Å². The van der Waals surface area contributed by atoms with Gasteiger partial charge in [-0.05, 0) is 116 Å². The highest BCUT2D eigenvalue weighted by Gasteiger charge is 2.21. The molecule has 73 heavy (non-hydrogen) atoms. The number of hydrogen-bond donors (Lipinski definition) is 0. The van der Waals surface area contributed by atoms with Crippen LogP contribution >= 0.6 is 7.82 Å². The molecule has 0 amide bonds. The van der Waals surface area contributed by atoms with E-state index in [0.29, 0.717) is 23.9 Å². The van der Waals surface area contributed by atoms with E-state index >= 15 is 0 Å². The molecule has 0 saturated carbocycles. The van der Waals surface area contributed by atoms with Crippen LogP contribution in [0, 0.1) is 0 Å². The minimum atomic E-state index is -4.65. The third-order valence-corrected chi connectivity index (χ3v) is 12.4. The fourth-order valence-corrected chi connectivity index (χ4v) is 7.76. The van der Waals surface area contributed by atoms with Crippen molar-refractivity contribution < 1.29 is 42.1 Å². The van der Waals surface area contributed by atoms with E-state index in [9.17, 15) is 19.0 Å². The maximum absolute atomic E-state index is 12.8. The molecule has 2 atom stereocenters. The zero-order valence-corrected chi connectivity index (χ0v) is 47.7. The van der Waals surface area contributed by atoms with E-state index in [0.717, 1.165) is 128 Å². The molecule has 0 aromatic rings. The molecule has 0 radical (unpaired) electrons. The van der Waals surface area contributed by atoms with Crippen LogP contribution in [0.15, 0.2) is 134 Å². The van der Waals surface area contributed by atoms with Gasteiger partial charge >= 0.3 is 11.9 Å². The molecule has 0 saturated heterocycles. The van der Waals surface area contributed by atoms with Crippen LogP contribution in [0.1, 0.15) is 200 Å². The second kappa shape index (κ2) is 53.0. The third kappa shape index (κ3) is 57.3. The van der Waals surface area contributed by atoms with Gasteiger partial charge in [-0.15, -0.1) is 0 Å². The van der Waals surface area contributed by atoms with E-state index < -0.39 is 32.5 Å². The third-order valence-electron chi connectivity index (χ3n) is 11.4. The van der Waals surface area contributed by atoms with Crippen LogP contribution < -0.4 is 4.89 Å². The zero-order valence-electron chi connectivity index (χ0n) is 46.8. The van der Waals surface area contributed by atoms with Crippen molar-refractivity contribution in [2.24, 2.45) is 0 Å². The maximum Gasteiger partial charge on any atom is 0.306 e. The molecular formula is C63H104NO8P. The van der Waals surface area contributed by atoms with E-state index in [4.69, 9.17) is 18.5 Å². The van der Waals surface area contributed by atoms with Crippen molar-refractivity contribution in [2.75, 3.05) is 47.5 Å². The first kappa shape index (κ1) is 69.2. The van der Waals surface area contributed by atoms with E-state index in [2.05, 4.69) is 148 Å². The largest absolute Gasteiger partial charge is 0.756 e. The summed E-state index contributed by atoms with van der Waals surface area (Å²) < 4.78 is 34.1. The SMILES string of the molecule is CC/C=C\C/C=C\C/C=C\C/C=C\C/C=C\C/C=C\C/C=C\C/C=C\C/C=C\CCCCCCCC(=O)OC(COC(=O)CCCCCCC/C=C\C/C=C\CCCCCC)COP(=O)([O-])OCC[N+](C)(C)C. The quantitative estimate of drug-likeness (QED) is 0.0195. The molecule has 0 fully saturated rings. The molecule has 0 N–H and O–H groups in total. The number of esters is 2.